The Morgan fingerprint density at radius 1 is 1.73 bits per heavy atom. The van der Waals surface area contributed by atoms with Crippen LogP contribution in [-0.2, 0) is 6.54 Å². The summed E-state index contributed by atoms with van der Waals surface area (Å²) in [6.07, 6.45) is 1.64. The normalized spacial score (nSPS) is 9.82. The van der Waals surface area contributed by atoms with Crippen molar-refractivity contribution in [3.8, 4) is 0 Å². The minimum atomic E-state index is 0.469. The van der Waals surface area contributed by atoms with E-state index in [1.165, 1.54) is 0 Å². The van der Waals surface area contributed by atoms with Gasteiger partial charge in [-0.15, -0.1) is 0 Å². The van der Waals surface area contributed by atoms with Gasteiger partial charge in [-0.05, 0) is 12.1 Å². The molecule has 0 aromatic carbocycles. The standard InChI is InChI=1S/C7H10N2OS/c8-7(11)5-9-4-6-2-1-3-10-6/h1-3,9H,4-5H2,(H2,8,11). The first-order chi connectivity index (χ1) is 5.29. The summed E-state index contributed by atoms with van der Waals surface area (Å²) in [5, 5.41) is 3.03. The first-order valence-electron chi connectivity index (χ1n) is 3.30. The fourth-order valence-corrected chi connectivity index (χ4v) is 0.824. The van der Waals surface area contributed by atoms with Crippen LogP contribution in [0.1, 0.15) is 5.76 Å². The third kappa shape index (κ3) is 3.15. The number of rotatable bonds is 4. The van der Waals surface area contributed by atoms with Crippen LogP contribution in [0.4, 0.5) is 0 Å². The van der Waals surface area contributed by atoms with Gasteiger partial charge in [-0.1, -0.05) is 12.2 Å². The number of thiocarbonyl (C=S) groups is 1. The van der Waals surface area contributed by atoms with Gasteiger partial charge in [0.15, 0.2) is 0 Å². The summed E-state index contributed by atoms with van der Waals surface area (Å²) in [7, 11) is 0. The van der Waals surface area contributed by atoms with E-state index in [4.69, 9.17) is 10.2 Å². The lowest BCUT2D eigenvalue weighted by molar-refractivity contribution is 0.492. The topological polar surface area (TPSA) is 51.2 Å². The molecule has 3 nitrogen and oxygen atoms in total. The van der Waals surface area contributed by atoms with Crippen LogP contribution in [0.2, 0.25) is 0 Å². The highest BCUT2D eigenvalue weighted by Gasteiger charge is 1.93. The monoisotopic (exact) mass is 170 g/mol. The molecule has 0 fully saturated rings. The van der Waals surface area contributed by atoms with Gasteiger partial charge in [-0.25, -0.2) is 0 Å². The SMILES string of the molecule is NC(=S)CNCc1ccco1. The van der Waals surface area contributed by atoms with Gasteiger partial charge in [0.05, 0.1) is 17.8 Å². The van der Waals surface area contributed by atoms with Gasteiger partial charge in [0, 0.05) is 6.54 Å². The van der Waals surface area contributed by atoms with Crippen molar-refractivity contribution in [2.75, 3.05) is 6.54 Å². The fraction of sp³-hybridized carbons (Fsp3) is 0.286. The molecular weight excluding hydrogens is 160 g/mol. The number of nitrogens with two attached hydrogens (primary N) is 1. The highest BCUT2D eigenvalue weighted by atomic mass is 32.1. The van der Waals surface area contributed by atoms with Gasteiger partial charge in [0.2, 0.25) is 0 Å². The summed E-state index contributed by atoms with van der Waals surface area (Å²) >= 11 is 4.68. The minimum Gasteiger partial charge on any atom is -0.468 e. The number of nitrogens with one attached hydrogen (secondary N) is 1. The molecule has 1 heterocycles. The largest absolute Gasteiger partial charge is 0.468 e. The van der Waals surface area contributed by atoms with Crippen LogP contribution in [-0.4, -0.2) is 11.5 Å². The molecule has 0 saturated carbocycles. The number of hydrogen-bond acceptors (Lipinski definition) is 3. The van der Waals surface area contributed by atoms with E-state index in [1.54, 1.807) is 6.26 Å². The zero-order valence-corrected chi connectivity index (χ0v) is 6.86. The van der Waals surface area contributed by atoms with Crippen molar-refractivity contribution >= 4 is 17.2 Å². The Morgan fingerprint density at radius 3 is 3.09 bits per heavy atom. The van der Waals surface area contributed by atoms with Gasteiger partial charge in [0.25, 0.3) is 0 Å². The molecule has 0 aliphatic heterocycles. The van der Waals surface area contributed by atoms with Crippen molar-refractivity contribution in [1.29, 1.82) is 0 Å². The van der Waals surface area contributed by atoms with E-state index < -0.39 is 0 Å². The maximum atomic E-state index is 5.27. The summed E-state index contributed by atoms with van der Waals surface area (Å²) in [4.78, 5) is 0.469. The van der Waals surface area contributed by atoms with E-state index in [1.807, 2.05) is 12.1 Å². The molecule has 0 amide bonds. The molecule has 1 aromatic rings. The molecule has 0 unspecified atom stereocenters. The molecule has 1 aromatic heterocycles. The summed E-state index contributed by atoms with van der Waals surface area (Å²) < 4.78 is 5.07. The number of furan rings is 1. The van der Waals surface area contributed by atoms with Crippen molar-refractivity contribution in [3.63, 3.8) is 0 Å². The van der Waals surface area contributed by atoms with E-state index in [-0.39, 0.29) is 0 Å². The molecule has 0 aliphatic carbocycles. The van der Waals surface area contributed by atoms with Crippen LogP contribution in [0.15, 0.2) is 22.8 Å². The Labute approximate surface area is 70.6 Å². The third-order valence-electron chi connectivity index (χ3n) is 1.18. The van der Waals surface area contributed by atoms with Crippen molar-refractivity contribution in [3.05, 3.63) is 24.2 Å². The van der Waals surface area contributed by atoms with Gasteiger partial charge in [-0.3, -0.25) is 0 Å². The van der Waals surface area contributed by atoms with Gasteiger partial charge in [0.1, 0.15) is 5.76 Å². The lowest BCUT2D eigenvalue weighted by atomic mass is 10.4. The quantitative estimate of drug-likeness (QED) is 0.652. The first kappa shape index (κ1) is 8.23. The zero-order chi connectivity index (χ0) is 8.10. The smallest absolute Gasteiger partial charge is 0.117 e. The molecule has 0 bridgehead atoms. The van der Waals surface area contributed by atoms with Crippen molar-refractivity contribution in [2.45, 2.75) is 6.54 Å². The second kappa shape index (κ2) is 4.10. The van der Waals surface area contributed by atoms with Crippen molar-refractivity contribution in [2.24, 2.45) is 5.73 Å². The summed E-state index contributed by atoms with van der Waals surface area (Å²) in [5.41, 5.74) is 5.27. The van der Waals surface area contributed by atoms with Crippen LogP contribution in [0.5, 0.6) is 0 Å². The maximum absolute atomic E-state index is 5.27. The molecule has 1 rings (SSSR count). The Bertz CT molecular complexity index is 220. The van der Waals surface area contributed by atoms with Gasteiger partial charge >= 0.3 is 0 Å². The Morgan fingerprint density at radius 2 is 2.55 bits per heavy atom. The molecule has 11 heavy (non-hydrogen) atoms. The lowest BCUT2D eigenvalue weighted by Crippen LogP contribution is -2.26. The summed E-state index contributed by atoms with van der Waals surface area (Å²) in [6.45, 7) is 1.22. The molecule has 0 saturated heterocycles. The second-order valence-electron chi connectivity index (χ2n) is 2.15. The van der Waals surface area contributed by atoms with Gasteiger partial charge < -0.3 is 15.5 Å². The van der Waals surface area contributed by atoms with E-state index >= 15 is 0 Å². The molecule has 0 atom stereocenters. The molecule has 4 heteroatoms. The predicted octanol–water partition coefficient (Wildman–Crippen LogP) is 0.655. The first-order valence-corrected chi connectivity index (χ1v) is 3.71. The second-order valence-corrected chi connectivity index (χ2v) is 2.67. The van der Waals surface area contributed by atoms with Crippen molar-refractivity contribution in [1.82, 2.24) is 5.32 Å². The highest BCUT2D eigenvalue weighted by Crippen LogP contribution is 1.97. The van der Waals surface area contributed by atoms with Gasteiger partial charge in [-0.2, -0.15) is 0 Å². The zero-order valence-electron chi connectivity index (χ0n) is 6.04. The fourth-order valence-electron chi connectivity index (χ4n) is 0.722. The average Bonchev–Trinajstić information content (AvgIpc) is 2.39. The van der Waals surface area contributed by atoms with Crippen LogP contribution in [0.3, 0.4) is 0 Å². The summed E-state index contributed by atoms with van der Waals surface area (Å²) in [6, 6.07) is 3.74. The highest BCUT2D eigenvalue weighted by molar-refractivity contribution is 7.80. The Hall–Kier alpha value is -0.870. The van der Waals surface area contributed by atoms with Crippen LogP contribution in [0.25, 0.3) is 0 Å². The van der Waals surface area contributed by atoms with Crippen LogP contribution >= 0.6 is 12.2 Å². The van der Waals surface area contributed by atoms with E-state index in [2.05, 4.69) is 17.5 Å². The Balaban J connectivity index is 2.19. The molecule has 0 radical (unpaired) electrons. The van der Waals surface area contributed by atoms with E-state index in [0.29, 0.717) is 18.1 Å². The van der Waals surface area contributed by atoms with Crippen molar-refractivity contribution < 1.29 is 4.42 Å². The molecular formula is C7H10N2OS. The van der Waals surface area contributed by atoms with E-state index in [0.717, 1.165) is 5.76 Å². The molecule has 60 valence electrons. The summed E-state index contributed by atoms with van der Waals surface area (Å²) in [5.74, 6) is 0.890. The van der Waals surface area contributed by atoms with E-state index in [9.17, 15) is 0 Å². The molecule has 3 N–H and O–H groups in total. The predicted molar refractivity (Wildman–Crippen MR) is 47.2 cm³/mol. The van der Waals surface area contributed by atoms with Crippen LogP contribution in [0, 0.1) is 0 Å². The minimum absolute atomic E-state index is 0.469. The average molecular weight is 170 g/mol. The molecule has 0 aliphatic rings. The third-order valence-corrected chi connectivity index (χ3v) is 1.32. The lowest BCUT2D eigenvalue weighted by Gasteiger charge is -1.98. The van der Waals surface area contributed by atoms with Crippen LogP contribution < -0.4 is 11.1 Å². The maximum Gasteiger partial charge on any atom is 0.117 e. The number of hydrogen-bond donors (Lipinski definition) is 2. The molecule has 0 spiro atoms. The Kier molecular flexibility index (Phi) is 3.07.